The molecule has 0 fully saturated rings. The van der Waals surface area contributed by atoms with Crippen molar-refractivity contribution in [1.29, 1.82) is 0 Å². The zero-order valence-electron chi connectivity index (χ0n) is 10.7. The minimum absolute atomic E-state index is 0. The minimum atomic E-state index is -0.742. The third-order valence-electron chi connectivity index (χ3n) is 2.27. The summed E-state index contributed by atoms with van der Waals surface area (Å²) in [6.45, 7) is -0.0254. The molecule has 1 aliphatic rings. The van der Waals surface area contributed by atoms with Crippen LogP contribution in [0.15, 0.2) is 24.3 Å². The van der Waals surface area contributed by atoms with E-state index in [2.05, 4.69) is 5.43 Å². The van der Waals surface area contributed by atoms with E-state index in [0.29, 0.717) is 11.5 Å². The molecule has 7 nitrogen and oxygen atoms in total. The Kier molecular flexibility index (Phi) is 9.61. The fourth-order valence-corrected chi connectivity index (χ4v) is 1.29. The van der Waals surface area contributed by atoms with E-state index in [0.717, 1.165) is 0 Å². The second kappa shape index (κ2) is 10.0. The molecule has 8 heteroatoms. The van der Waals surface area contributed by atoms with Gasteiger partial charge in [-0.25, -0.2) is 16.1 Å². The van der Waals surface area contributed by atoms with Gasteiger partial charge in [-0.05, 0) is 6.42 Å². The molecule has 0 saturated carbocycles. The Morgan fingerprint density at radius 1 is 1.37 bits per heavy atom. The summed E-state index contributed by atoms with van der Waals surface area (Å²) < 4.78 is 9.69. The van der Waals surface area contributed by atoms with E-state index in [1.807, 2.05) is 12.2 Å². The largest absolute Gasteiger partial charge is 0.462 e. The first kappa shape index (κ1) is 18.2. The number of ether oxygens (including phenoxy) is 2. The van der Waals surface area contributed by atoms with Gasteiger partial charge < -0.3 is 9.47 Å². The summed E-state index contributed by atoms with van der Waals surface area (Å²) in [5.74, 6) is 4.61. The monoisotopic (exact) mass is 493 g/mol. The number of hydrogen-bond acceptors (Lipinski definition) is 6. The van der Waals surface area contributed by atoms with Crippen LogP contribution in [-0.2, 0) is 14.3 Å². The molecule has 1 unspecified atom stereocenters. The molecule has 104 valence electrons. The van der Waals surface area contributed by atoms with Crippen LogP contribution < -0.4 is 11.3 Å². The predicted molar refractivity (Wildman–Crippen MR) is 63.8 cm³/mol. The van der Waals surface area contributed by atoms with Crippen LogP contribution in [0.25, 0.3) is 0 Å². The molecule has 0 radical (unpaired) electrons. The van der Waals surface area contributed by atoms with Gasteiger partial charge in [-0.2, -0.15) is 5.12 Å². The molecule has 0 heterocycles. The first-order valence-corrected chi connectivity index (χ1v) is 5.54. The molecule has 1 atom stereocenters. The first-order valence-electron chi connectivity index (χ1n) is 5.54. The third kappa shape index (κ3) is 6.78. The number of nitrogens with zero attached hydrogens (tertiary/aromatic N) is 1. The predicted octanol–water partition coefficient (Wildman–Crippen LogP) is 0.109. The summed E-state index contributed by atoms with van der Waals surface area (Å²) in [6, 6.07) is 0. The molecular formula is C11H17N3O4U. The van der Waals surface area contributed by atoms with Crippen molar-refractivity contribution in [1.82, 2.24) is 10.5 Å². The average molecular weight is 493 g/mol. The van der Waals surface area contributed by atoms with Crippen LogP contribution in [0.2, 0.25) is 0 Å². The van der Waals surface area contributed by atoms with Crippen molar-refractivity contribution in [2.24, 2.45) is 11.8 Å². The van der Waals surface area contributed by atoms with E-state index in [-0.39, 0.29) is 56.2 Å². The van der Waals surface area contributed by atoms with E-state index in [4.69, 9.17) is 15.3 Å². The van der Waals surface area contributed by atoms with Crippen LogP contribution in [0.5, 0.6) is 0 Å². The van der Waals surface area contributed by atoms with Gasteiger partial charge in [0.25, 0.3) is 0 Å². The molecule has 0 aromatic carbocycles. The van der Waals surface area contributed by atoms with E-state index in [1.54, 1.807) is 12.2 Å². The number of carbonyl (C=O) groups excluding carboxylic acids is 2. The Balaban J connectivity index is 0.00000324. The molecule has 0 bridgehead atoms. The topological polar surface area (TPSA) is 93.9 Å². The standard InChI is InChI=1S/C11H17N3O4.U/c1-13-14(12)11(16)18-8-7-17-10(15)9-5-3-2-4-6-9;/h2-5,9,13H,6-8,12H2,1H3;. The molecule has 0 aromatic heterocycles. The number of carbonyl (C=O) groups is 2. The van der Waals surface area contributed by atoms with Crippen LogP contribution >= 0.6 is 0 Å². The van der Waals surface area contributed by atoms with Gasteiger partial charge in [-0.15, -0.1) is 0 Å². The van der Waals surface area contributed by atoms with Gasteiger partial charge in [0.1, 0.15) is 13.2 Å². The fraction of sp³-hybridized carbons (Fsp3) is 0.455. The summed E-state index contributed by atoms with van der Waals surface area (Å²) in [5.41, 5.74) is 2.38. The molecule has 0 spiro atoms. The second-order valence-corrected chi connectivity index (χ2v) is 3.53. The number of hydrogen-bond donors (Lipinski definition) is 2. The summed E-state index contributed by atoms with van der Waals surface area (Å²) in [7, 11) is 1.48. The molecule has 19 heavy (non-hydrogen) atoms. The quantitative estimate of drug-likeness (QED) is 0.186. The van der Waals surface area contributed by atoms with Crippen LogP contribution in [0, 0.1) is 37.0 Å². The maximum atomic E-state index is 11.5. The van der Waals surface area contributed by atoms with Gasteiger partial charge >= 0.3 is 12.1 Å². The molecule has 0 saturated heterocycles. The number of esters is 1. The summed E-state index contributed by atoms with van der Waals surface area (Å²) in [4.78, 5) is 22.6. The molecule has 3 N–H and O–H groups in total. The molecular weight excluding hydrogens is 476 g/mol. The van der Waals surface area contributed by atoms with E-state index < -0.39 is 6.09 Å². The van der Waals surface area contributed by atoms with Crippen molar-refractivity contribution in [3.63, 3.8) is 0 Å². The number of amides is 1. The fourth-order valence-electron chi connectivity index (χ4n) is 1.29. The van der Waals surface area contributed by atoms with Crippen LogP contribution in [0.1, 0.15) is 6.42 Å². The Hall–Kier alpha value is -0.808. The van der Waals surface area contributed by atoms with Crippen LogP contribution in [0.4, 0.5) is 4.79 Å². The Labute approximate surface area is 135 Å². The number of nitrogens with two attached hydrogens (primary N) is 1. The number of allylic oxidation sites excluding steroid dienone is 3. The van der Waals surface area contributed by atoms with Crippen molar-refractivity contribution >= 4 is 12.1 Å². The van der Waals surface area contributed by atoms with Crippen molar-refractivity contribution in [2.45, 2.75) is 6.42 Å². The number of rotatable bonds is 5. The van der Waals surface area contributed by atoms with Gasteiger partial charge in [-0.3, -0.25) is 4.79 Å². The van der Waals surface area contributed by atoms with Crippen molar-refractivity contribution < 1.29 is 50.2 Å². The van der Waals surface area contributed by atoms with Crippen molar-refractivity contribution in [3.8, 4) is 0 Å². The van der Waals surface area contributed by atoms with E-state index in [9.17, 15) is 9.59 Å². The zero-order chi connectivity index (χ0) is 13.4. The maximum Gasteiger partial charge on any atom is 0.439 e. The van der Waals surface area contributed by atoms with Gasteiger partial charge in [0.05, 0.1) is 5.92 Å². The molecule has 0 aliphatic heterocycles. The van der Waals surface area contributed by atoms with Gasteiger partial charge in [-0.1, -0.05) is 24.3 Å². The van der Waals surface area contributed by atoms with Crippen molar-refractivity contribution in [2.75, 3.05) is 20.3 Å². The third-order valence-corrected chi connectivity index (χ3v) is 2.27. The van der Waals surface area contributed by atoms with Gasteiger partial charge in [0, 0.05) is 38.2 Å². The maximum absolute atomic E-state index is 11.5. The van der Waals surface area contributed by atoms with Crippen LogP contribution in [-0.4, -0.2) is 37.4 Å². The zero-order valence-corrected chi connectivity index (χ0v) is 14.8. The Bertz CT molecular complexity index is 360. The summed E-state index contributed by atoms with van der Waals surface area (Å²) >= 11 is 0. The van der Waals surface area contributed by atoms with Crippen molar-refractivity contribution in [3.05, 3.63) is 24.3 Å². The molecule has 1 aliphatic carbocycles. The number of hydrazine groups is 2. The second-order valence-electron chi connectivity index (χ2n) is 3.53. The van der Waals surface area contributed by atoms with Gasteiger partial charge in [0.2, 0.25) is 0 Å². The normalized spacial score (nSPS) is 16.4. The van der Waals surface area contributed by atoms with Crippen LogP contribution in [0.3, 0.4) is 0 Å². The Morgan fingerprint density at radius 3 is 2.63 bits per heavy atom. The molecule has 1 rings (SSSR count). The Morgan fingerprint density at radius 2 is 2.05 bits per heavy atom. The average Bonchev–Trinajstić information content (AvgIpc) is 2.43. The minimum Gasteiger partial charge on any atom is -0.462 e. The molecule has 0 aromatic rings. The SMILES string of the molecule is CNN(N)C(=O)OCCOC(=O)C1C=CC=CC1.[U]. The van der Waals surface area contributed by atoms with Gasteiger partial charge in [0.15, 0.2) is 0 Å². The molecule has 1 amide bonds. The summed E-state index contributed by atoms with van der Waals surface area (Å²) in [5, 5.41) is 0.691. The smallest absolute Gasteiger partial charge is 0.439 e. The number of nitrogens with one attached hydrogen (secondary N) is 1. The first-order chi connectivity index (χ1) is 8.65. The summed E-state index contributed by atoms with van der Waals surface area (Å²) in [6.07, 6.45) is 7.23. The van der Waals surface area contributed by atoms with E-state index >= 15 is 0 Å². The van der Waals surface area contributed by atoms with E-state index in [1.165, 1.54) is 7.05 Å².